The summed E-state index contributed by atoms with van der Waals surface area (Å²) in [7, 11) is -1.57. The molecule has 0 atom stereocenters. The molecule has 0 saturated heterocycles. The molecule has 8 heteroatoms. The maximum Gasteiger partial charge on any atom is 0.191 e. The lowest BCUT2D eigenvalue weighted by atomic mass is 10.1. The second-order valence-electron chi connectivity index (χ2n) is 6.85. The predicted octanol–water partition coefficient (Wildman–Crippen LogP) is 2.81. The van der Waals surface area contributed by atoms with Crippen LogP contribution in [0.4, 0.5) is 4.39 Å². The third-order valence-corrected chi connectivity index (χ3v) is 4.99. The molecular weight excluding hydrogens is 393 g/mol. The molecule has 0 radical (unpaired) electrons. The molecule has 0 aliphatic heterocycles. The van der Waals surface area contributed by atoms with Gasteiger partial charge in [-0.15, -0.1) is 0 Å². The molecule has 0 bridgehead atoms. The van der Waals surface area contributed by atoms with Gasteiger partial charge >= 0.3 is 0 Å². The largest absolute Gasteiger partial charge is 0.494 e. The summed E-state index contributed by atoms with van der Waals surface area (Å²) in [4.78, 5) is 4.14. The van der Waals surface area contributed by atoms with Gasteiger partial charge in [-0.05, 0) is 48.7 Å². The lowest BCUT2D eigenvalue weighted by molar-refractivity contribution is 0.311. The van der Waals surface area contributed by atoms with Crippen molar-refractivity contribution in [1.82, 2.24) is 10.6 Å². The predicted molar refractivity (Wildman–Crippen MR) is 114 cm³/mol. The summed E-state index contributed by atoms with van der Waals surface area (Å²) in [6.07, 6.45) is 1.93. The molecule has 29 heavy (non-hydrogen) atoms. The Morgan fingerprint density at radius 3 is 2.48 bits per heavy atom. The summed E-state index contributed by atoms with van der Waals surface area (Å²) in [5.41, 5.74) is 2.34. The van der Waals surface area contributed by atoms with E-state index in [1.807, 2.05) is 31.2 Å². The Labute approximate surface area is 172 Å². The number of rotatable bonds is 9. The van der Waals surface area contributed by atoms with Crippen LogP contribution in [0, 0.1) is 12.7 Å². The van der Waals surface area contributed by atoms with Gasteiger partial charge in [0.15, 0.2) is 15.8 Å². The number of nitrogens with one attached hydrogen (secondary N) is 2. The zero-order chi connectivity index (χ0) is 21.3. The molecule has 0 aromatic heterocycles. The average molecular weight is 422 g/mol. The highest BCUT2D eigenvalue weighted by atomic mass is 32.2. The van der Waals surface area contributed by atoms with Crippen LogP contribution in [-0.2, 0) is 22.1 Å². The van der Waals surface area contributed by atoms with Crippen molar-refractivity contribution in [2.75, 3.05) is 26.5 Å². The number of halogens is 1. The van der Waals surface area contributed by atoms with Gasteiger partial charge in [0.2, 0.25) is 0 Å². The van der Waals surface area contributed by atoms with Crippen molar-refractivity contribution in [3.8, 4) is 5.75 Å². The van der Waals surface area contributed by atoms with E-state index in [0.717, 1.165) is 18.4 Å². The van der Waals surface area contributed by atoms with Crippen molar-refractivity contribution < 1.29 is 17.5 Å². The Morgan fingerprint density at radius 1 is 1.10 bits per heavy atom. The van der Waals surface area contributed by atoms with Crippen LogP contribution in [-0.4, -0.2) is 40.8 Å². The van der Waals surface area contributed by atoms with E-state index in [2.05, 4.69) is 15.6 Å². The number of guanidine groups is 1. The van der Waals surface area contributed by atoms with Crippen LogP contribution < -0.4 is 15.4 Å². The van der Waals surface area contributed by atoms with Crippen LogP contribution in [0.5, 0.6) is 5.75 Å². The second-order valence-corrected chi connectivity index (χ2v) is 8.99. The number of ether oxygens (including phenoxy) is 1. The number of sulfone groups is 1. The normalized spacial score (nSPS) is 11.9. The van der Waals surface area contributed by atoms with Gasteiger partial charge < -0.3 is 15.4 Å². The van der Waals surface area contributed by atoms with Gasteiger partial charge in [0.25, 0.3) is 0 Å². The van der Waals surface area contributed by atoms with Crippen molar-refractivity contribution in [1.29, 1.82) is 0 Å². The summed E-state index contributed by atoms with van der Waals surface area (Å²) >= 11 is 0. The zero-order valence-corrected chi connectivity index (χ0v) is 17.9. The fraction of sp³-hybridized carbons (Fsp3) is 0.381. The van der Waals surface area contributed by atoms with E-state index in [0.29, 0.717) is 30.2 Å². The SMILES string of the molecule is CN=C(NCCCOc1ccc(C)cc1)NCc1cc(F)ccc1CS(C)(=O)=O. The molecule has 6 nitrogen and oxygen atoms in total. The van der Waals surface area contributed by atoms with Crippen LogP contribution in [0.1, 0.15) is 23.1 Å². The third-order valence-electron chi connectivity index (χ3n) is 4.16. The lowest BCUT2D eigenvalue weighted by Gasteiger charge is -2.14. The zero-order valence-electron chi connectivity index (χ0n) is 17.0. The summed E-state index contributed by atoms with van der Waals surface area (Å²) in [6.45, 7) is 3.50. The number of aliphatic imine (C=N–C) groups is 1. The first-order valence-electron chi connectivity index (χ1n) is 9.36. The molecule has 0 heterocycles. The van der Waals surface area contributed by atoms with Crippen molar-refractivity contribution in [2.24, 2.45) is 4.99 Å². The van der Waals surface area contributed by atoms with Gasteiger partial charge in [-0.1, -0.05) is 23.8 Å². The summed E-state index contributed by atoms with van der Waals surface area (Å²) in [5.74, 6) is 0.847. The van der Waals surface area contributed by atoms with E-state index in [1.165, 1.54) is 23.8 Å². The Kier molecular flexibility index (Phi) is 8.45. The highest BCUT2D eigenvalue weighted by Gasteiger charge is 2.11. The minimum Gasteiger partial charge on any atom is -0.494 e. The summed E-state index contributed by atoms with van der Waals surface area (Å²) < 4.78 is 42.5. The van der Waals surface area contributed by atoms with Crippen LogP contribution in [0.2, 0.25) is 0 Å². The Morgan fingerprint density at radius 2 is 1.83 bits per heavy atom. The van der Waals surface area contributed by atoms with E-state index in [9.17, 15) is 12.8 Å². The lowest BCUT2D eigenvalue weighted by Crippen LogP contribution is -2.37. The van der Waals surface area contributed by atoms with E-state index in [4.69, 9.17) is 4.74 Å². The maximum absolute atomic E-state index is 13.6. The van der Waals surface area contributed by atoms with Gasteiger partial charge in [0.1, 0.15) is 11.6 Å². The Balaban J connectivity index is 1.80. The average Bonchev–Trinajstić information content (AvgIpc) is 2.66. The fourth-order valence-electron chi connectivity index (χ4n) is 2.69. The molecule has 158 valence electrons. The third kappa shape index (κ3) is 8.51. The molecule has 2 N–H and O–H groups in total. The molecule has 2 aromatic carbocycles. The molecule has 2 aromatic rings. The standard InChI is InChI=1S/C21H28FN3O3S/c1-16-5-9-20(10-6-16)28-12-4-11-24-21(23-2)25-14-18-13-19(22)8-7-17(18)15-29(3,26)27/h5-10,13H,4,11-12,14-15H2,1-3H3,(H2,23,24,25). The van der Waals surface area contributed by atoms with Gasteiger partial charge in [-0.25, -0.2) is 12.8 Å². The summed E-state index contributed by atoms with van der Waals surface area (Å²) in [5, 5.41) is 6.25. The van der Waals surface area contributed by atoms with Crippen LogP contribution in [0.3, 0.4) is 0 Å². The topological polar surface area (TPSA) is 79.8 Å². The van der Waals surface area contributed by atoms with Crippen LogP contribution in [0.25, 0.3) is 0 Å². The number of hydrogen-bond acceptors (Lipinski definition) is 4. The molecule has 0 fully saturated rings. The molecule has 0 aliphatic rings. The number of benzene rings is 2. The van der Waals surface area contributed by atoms with Gasteiger partial charge in [-0.2, -0.15) is 0 Å². The highest BCUT2D eigenvalue weighted by molar-refractivity contribution is 7.89. The van der Waals surface area contributed by atoms with Crippen LogP contribution in [0.15, 0.2) is 47.5 Å². The molecule has 0 amide bonds. The number of nitrogens with zero attached hydrogens (tertiary/aromatic N) is 1. The maximum atomic E-state index is 13.6. The molecular formula is C21H28FN3O3S. The second kappa shape index (κ2) is 10.8. The van der Waals surface area contributed by atoms with Gasteiger partial charge in [0, 0.05) is 26.4 Å². The monoisotopic (exact) mass is 421 g/mol. The van der Waals surface area contributed by atoms with Crippen molar-refractivity contribution in [3.63, 3.8) is 0 Å². The first kappa shape index (κ1) is 22.7. The quantitative estimate of drug-likeness (QED) is 0.370. The molecule has 2 rings (SSSR count). The highest BCUT2D eigenvalue weighted by Crippen LogP contribution is 2.14. The Hall–Kier alpha value is -2.61. The van der Waals surface area contributed by atoms with E-state index < -0.39 is 15.7 Å². The van der Waals surface area contributed by atoms with E-state index >= 15 is 0 Å². The van der Waals surface area contributed by atoms with Gasteiger partial charge in [-0.3, -0.25) is 4.99 Å². The van der Waals surface area contributed by atoms with Gasteiger partial charge in [0.05, 0.1) is 12.4 Å². The molecule has 0 aliphatic carbocycles. The number of aryl methyl sites for hydroxylation is 1. The minimum atomic E-state index is -3.21. The molecule has 0 saturated carbocycles. The number of hydrogen-bond donors (Lipinski definition) is 2. The Bertz CT molecular complexity index is 929. The summed E-state index contributed by atoms with van der Waals surface area (Å²) in [6, 6.07) is 12.0. The van der Waals surface area contributed by atoms with Crippen molar-refractivity contribution in [3.05, 3.63) is 65.0 Å². The van der Waals surface area contributed by atoms with Crippen molar-refractivity contribution >= 4 is 15.8 Å². The molecule has 0 unspecified atom stereocenters. The van der Waals surface area contributed by atoms with Crippen LogP contribution >= 0.6 is 0 Å². The smallest absolute Gasteiger partial charge is 0.191 e. The minimum absolute atomic E-state index is 0.132. The van der Waals surface area contributed by atoms with E-state index in [1.54, 1.807) is 7.05 Å². The van der Waals surface area contributed by atoms with Crippen molar-refractivity contribution in [2.45, 2.75) is 25.6 Å². The van der Waals surface area contributed by atoms with E-state index in [-0.39, 0.29) is 12.3 Å². The first-order valence-corrected chi connectivity index (χ1v) is 11.4. The molecule has 0 spiro atoms. The fourth-order valence-corrected chi connectivity index (χ4v) is 3.53. The first-order chi connectivity index (χ1) is 13.8.